The molecule has 0 aliphatic carbocycles. The molecule has 1 atom stereocenters. The molecule has 1 N–H and O–H groups in total. The molecule has 1 heteroatoms. The zero-order valence-electron chi connectivity index (χ0n) is 12.8. The van der Waals surface area contributed by atoms with Crippen molar-refractivity contribution in [2.75, 3.05) is 5.32 Å². The highest BCUT2D eigenvalue weighted by molar-refractivity contribution is 5.43. The SMILES string of the molecule is CCCCCCCCCCC(C)Nc1ccccc1. The van der Waals surface area contributed by atoms with Crippen molar-refractivity contribution in [2.45, 2.75) is 77.7 Å². The van der Waals surface area contributed by atoms with Crippen molar-refractivity contribution in [3.8, 4) is 0 Å². The summed E-state index contributed by atoms with van der Waals surface area (Å²) in [6.07, 6.45) is 12.5. The summed E-state index contributed by atoms with van der Waals surface area (Å²) < 4.78 is 0. The fourth-order valence-corrected chi connectivity index (χ4v) is 2.48. The molecule has 0 aliphatic rings. The summed E-state index contributed by atoms with van der Waals surface area (Å²) in [6, 6.07) is 11.1. The summed E-state index contributed by atoms with van der Waals surface area (Å²) in [5, 5.41) is 3.56. The Bertz CT molecular complexity index is 294. The van der Waals surface area contributed by atoms with E-state index in [1.807, 2.05) is 0 Å². The van der Waals surface area contributed by atoms with E-state index in [1.54, 1.807) is 0 Å². The highest BCUT2D eigenvalue weighted by atomic mass is 14.9. The van der Waals surface area contributed by atoms with E-state index in [2.05, 4.69) is 49.5 Å². The third kappa shape index (κ3) is 8.69. The average molecular weight is 261 g/mol. The van der Waals surface area contributed by atoms with Crippen molar-refractivity contribution in [1.29, 1.82) is 0 Å². The Labute approximate surface area is 119 Å². The van der Waals surface area contributed by atoms with Crippen LogP contribution in [0.2, 0.25) is 0 Å². The smallest absolute Gasteiger partial charge is 0.0342 e. The first-order valence-corrected chi connectivity index (χ1v) is 8.14. The van der Waals surface area contributed by atoms with Crippen molar-refractivity contribution in [2.24, 2.45) is 0 Å². The van der Waals surface area contributed by atoms with E-state index < -0.39 is 0 Å². The number of anilines is 1. The highest BCUT2D eigenvalue weighted by Crippen LogP contribution is 2.13. The fourth-order valence-electron chi connectivity index (χ4n) is 2.48. The first-order valence-electron chi connectivity index (χ1n) is 8.14. The van der Waals surface area contributed by atoms with Crippen LogP contribution in [0.15, 0.2) is 30.3 Å². The van der Waals surface area contributed by atoms with Gasteiger partial charge in [-0.1, -0.05) is 76.5 Å². The van der Waals surface area contributed by atoms with Crippen molar-refractivity contribution in [3.63, 3.8) is 0 Å². The number of nitrogens with one attached hydrogen (secondary N) is 1. The summed E-state index contributed by atoms with van der Waals surface area (Å²) in [5.74, 6) is 0. The summed E-state index contributed by atoms with van der Waals surface area (Å²) in [5.41, 5.74) is 1.24. The van der Waals surface area contributed by atoms with E-state index in [-0.39, 0.29) is 0 Å². The van der Waals surface area contributed by atoms with Gasteiger partial charge in [0.25, 0.3) is 0 Å². The Morgan fingerprint density at radius 1 is 0.842 bits per heavy atom. The van der Waals surface area contributed by atoms with Gasteiger partial charge in [0.1, 0.15) is 0 Å². The molecule has 1 aromatic carbocycles. The van der Waals surface area contributed by atoms with Crippen molar-refractivity contribution in [3.05, 3.63) is 30.3 Å². The molecule has 19 heavy (non-hydrogen) atoms. The lowest BCUT2D eigenvalue weighted by Crippen LogP contribution is -2.14. The molecular weight excluding hydrogens is 230 g/mol. The van der Waals surface area contributed by atoms with Crippen LogP contribution in [0.4, 0.5) is 5.69 Å². The average Bonchev–Trinajstić information content (AvgIpc) is 2.43. The predicted octanol–water partition coefficient (Wildman–Crippen LogP) is 6.02. The second kappa shape index (κ2) is 10.9. The zero-order valence-corrected chi connectivity index (χ0v) is 12.8. The largest absolute Gasteiger partial charge is 0.383 e. The van der Waals surface area contributed by atoms with Gasteiger partial charge in [0.15, 0.2) is 0 Å². The summed E-state index contributed by atoms with van der Waals surface area (Å²) >= 11 is 0. The molecule has 1 nitrogen and oxygen atoms in total. The van der Waals surface area contributed by atoms with Crippen molar-refractivity contribution in [1.82, 2.24) is 0 Å². The van der Waals surface area contributed by atoms with Gasteiger partial charge in [0, 0.05) is 11.7 Å². The lowest BCUT2D eigenvalue weighted by Gasteiger charge is -2.14. The van der Waals surface area contributed by atoms with E-state index in [1.165, 1.54) is 63.5 Å². The lowest BCUT2D eigenvalue weighted by atomic mass is 10.1. The minimum atomic E-state index is 0.586. The Morgan fingerprint density at radius 3 is 2.05 bits per heavy atom. The molecule has 0 saturated carbocycles. The molecule has 0 fully saturated rings. The second-order valence-corrected chi connectivity index (χ2v) is 5.67. The monoisotopic (exact) mass is 261 g/mol. The summed E-state index contributed by atoms with van der Waals surface area (Å²) in [4.78, 5) is 0. The second-order valence-electron chi connectivity index (χ2n) is 5.67. The Hall–Kier alpha value is -0.980. The van der Waals surface area contributed by atoms with Gasteiger partial charge in [-0.2, -0.15) is 0 Å². The first-order chi connectivity index (χ1) is 9.33. The maximum atomic E-state index is 3.56. The van der Waals surface area contributed by atoms with Crippen molar-refractivity contribution >= 4 is 5.69 Å². The number of hydrogen-bond acceptors (Lipinski definition) is 1. The quantitative estimate of drug-likeness (QED) is 0.480. The van der Waals surface area contributed by atoms with Crippen LogP contribution < -0.4 is 5.32 Å². The number of benzene rings is 1. The number of rotatable bonds is 11. The number of para-hydroxylation sites is 1. The van der Waals surface area contributed by atoms with Gasteiger partial charge in [-0.15, -0.1) is 0 Å². The summed E-state index contributed by atoms with van der Waals surface area (Å²) in [6.45, 7) is 4.56. The molecule has 0 amide bonds. The summed E-state index contributed by atoms with van der Waals surface area (Å²) in [7, 11) is 0. The molecule has 0 aliphatic heterocycles. The van der Waals surface area contributed by atoms with Crippen LogP contribution in [0.5, 0.6) is 0 Å². The number of unbranched alkanes of at least 4 members (excludes halogenated alkanes) is 7. The van der Waals surface area contributed by atoms with E-state index in [9.17, 15) is 0 Å². The Morgan fingerprint density at radius 2 is 1.42 bits per heavy atom. The maximum Gasteiger partial charge on any atom is 0.0342 e. The fraction of sp³-hybridized carbons (Fsp3) is 0.667. The molecule has 108 valence electrons. The van der Waals surface area contributed by atoms with E-state index in [4.69, 9.17) is 0 Å². The minimum Gasteiger partial charge on any atom is -0.383 e. The van der Waals surface area contributed by atoms with Gasteiger partial charge in [-0.05, 0) is 25.5 Å². The molecular formula is C18H31N. The minimum absolute atomic E-state index is 0.586. The van der Waals surface area contributed by atoms with Gasteiger partial charge in [0.2, 0.25) is 0 Å². The predicted molar refractivity (Wildman–Crippen MR) is 86.8 cm³/mol. The third-order valence-corrected chi connectivity index (χ3v) is 3.68. The first kappa shape index (κ1) is 16.1. The van der Waals surface area contributed by atoms with E-state index >= 15 is 0 Å². The normalized spacial score (nSPS) is 12.3. The van der Waals surface area contributed by atoms with E-state index in [0.29, 0.717) is 6.04 Å². The van der Waals surface area contributed by atoms with Gasteiger partial charge < -0.3 is 5.32 Å². The molecule has 0 bridgehead atoms. The van der Waals surface area contributed by atoms with Gasteiger partial charge in [-0.25, -0.2) is 0 Å². The van der Waals surface area contributed by atoms with E-state index in [0.717, 1.165) is 0 Å². The van der Waals surface area contributed by atoms with Gasteiger partial charge in [-0.3, -0.25) is 0 Å². The molecule has 0 radical (unpaired) electrons. The van der Waals surface area contributed by atoms with Crippen LogP contribution in [0.25, 0.3) is 0 Å². The van der Waals surface area contributed by atoms with Crippen LogP contribution in [-0.4, -0.2) is 6.04 Å². The number of hydrogen-bond donors (Lipinski definition) is 1. The topological polar surface area (TPSA) is 12.0 Å². The van der Waals surface area contributed by atoms with Gasteiger partial charge >= 0.3 is 0 Å². The van der Waals surface area contributed by atoms with Crippen LogP contribution in [-0.2, 0) is 0 Å². The highest BCUT2D eigenvalue weighted by Gasteiger charge is 2.01. The molecule has 1 unspecified atom stereocenters. The van der Waals surface area contributed by atoms with Crippen LogP contribution >= 0.6 is 0 Å². The molecule has 0 heterocycles. The molecule has 0 aromatic heterocycles. The molecule has 0 saturated heterocycles. The molecule has 0 spiro atoms. The lowest BCUT2D eigenvalue weighted by molar-refractivity contribution is 0.550. The van der Waals surface area contributed by atoms with Crippen molar-refractivity contribution < 1.29 is 0 Å². The maximum absolute atomic E-state index is 3.56. The van der Waals surface area contributed by atoms with Gasteiger partial charge in [0.05, 0.1) is 0 Å². The van der Waals surface area contributed by atoms with Crippen LogP contribution in [0, 0.1) is 0 Å². The Balaban J connectivity index is 1.94. The third-order valence-electron chi connectivity index (χ3n) is 3.68. The molecule has 1 aromatic rings. The van der Waals surface area contributed by atoms with Crippen LogP contribution in [0.1, 0.15) is 71.6 Å². The standard InChI is InChI=1S/C18H31N/c1-3-4-5-6-7-8-9-11-14-17(2)19-18-15-12-10-13-16-18/h10,12-13,15-17,19H,3-9,11,14H2,1-2H3. The zero-order chi connectivity index (χ0) is 13.8. The van der Waals surface area contributed by atoms with Crippen LogP contribution in [0.3, 0.4) is 0 Å². The molecule has 1 rings (SSSR count). The Kier molecular flexibility index (Phi) is 9.22.